The molecule has 80 heavy (non-hydrogen) atoms. The second-order valence-electron chi connectivity index (χ2n) is 22.7. The van der Waals surface area contributed by atoms with Gasteiger partial charge in [-0.15, -0.1) is 0 Å². The van der Waals surface area contributed by atoms with Crippen molar-refractivity contribution < 1.29 is 28.6 Å². The van der Waals surface area contributed by atoms with Gasteiger partial charge in [-0.05, 0) is 122 Å². The Morgan fingerprint density at radius 2 is 0.487 bits per heavy atom. The lowest BCUT2D eigenvalue weighted by Gasteiger charge is -2.18. The van der Waals surface area contributed by atoms with Crippen molar-refractivity contribution in [2.45, 2.75) is 341 Å². The van der Waals surface area contributed by atoms with Gasteiger partial charge in [0.2, 0.25) is 0 Å². The third-order valence-electron chi connectivity index (χ3n) is 14.8. The molecule has 0 bridgehead atoms. The Kier molecular flexibility index (Phi) is 64.7. The molecule has 0 aromatic rings. The summed E-state index contributed by atoms with van der Waals surface area (Å²) in [6.07, 6.45) is 91.6. The quantitative estimate of drug-likeness (QED) is 0.0261. The highest BCUT2D eigenvalue weighted by Gasteiger charge is 2.19. The van der Waals surface area contributed by atoms with E-state index in [1.54, 1.807) is 0 Å². The van der Waals surface area contributed by atoms with Gasteiger partial charge in [-0.2, -0.15) is 0 Å². The zero-order valence-electron chi connectivity index (χ0n) is 52.8. The topological polar surface area (TPSA) is 78.9 Å². The fraction of sp³-hybridized carbons (Fsp3) is 0.743. The molecule has 0 aromatic heterocycles. The van der Waals surface area contributed by atoms with Gasteiger partial charge in [0, 0.05) is 19.3 Å². The standard InChI is InChI=1S/C74H128O6/c1-4-7-10-13-16-19-22-25-27-28-29-30-31-32-33-34-35-36-37-38-39-40-41-42-43-44-45-46-48-49-52-55-58-61-64-67-73(76)79-70-71(69-78-72(75)66-63-60-57-54-51-24-21-18-15-12-9-6-3)80-74(77)68-65-62-59-56-53-50-47-26-23-20-17-14-11-8-5-2/h7,10,16-21,25-27,29-30,32-33,47,71H,4-6,8-9,11-15,22-24,28,31,34-46,48-70H2,1-3H3/b10-7-,19-16-,20-17-,21-18-,27-25-,30-29-,33-32-,47-26-. The minimum absolute atomic E-state index is 0.0820. The first kappa shape index (κ1) is 76.3. The van der Waals surface area contributed by atoms with Crippen molar-refractivity contribution in [2.24, 2.45) is 0 Å². The van der Waals surface area contributed by atoms with Crippen LogP contribution in [-0.4, -0.2) is 37.2 Å². The maximum Gasteiger partial charge on any atom is 0.306 e. The SMILES string of the molecule is CC/C=C\C/C=C\C/C=C\C/C=C\C/C=C\CCCCCCCCCCCCCCCCCCCCCC(=O)OCC(COC(=O)CCCCCCC/C=C\CCCCC)OC(=O)CCCCCCC/C=C\C/C=C\CCCCC. The molecule has 0 radical (unpaired) electrons. The highest BCUT2D eigenvalue weighted by atomic mass is 16.6. The fourth-order valence-corrected chi connectivity index (χ4v) is 9.67. The Bertz CT molecular complexity index is 1560. The van der Waals surface area contributed by atoms with E-state index in [0.717, 1.165) is 122 Å². The van der Waals surface area contributed by atoms with Crippen LogP contribution in [0.1, 0.15) is 335 Å². The van der Waals surface area contributed by atoms with Crippen molar-refractivity contribution in [1.82, 2.24) is 0 Å². The van der Waals surface area contributed by atoms with Crippen LogP contribution in [0.5, 0.6) is 0 Å². The molecule has 1 unspecified atom stereocenters. The van der Waals surface area contributed by atoms with Crippen molar-refractivity contribution in [2.75, 3.05) is 13.2 Å². The summed E-state index contributed by atoms with van der Waals surface area (Å²) < 4.78 is 16.9. The van der Waals surface area contributed by atoms with Crippen molar-refractivity contribution in [1.29, 1.82) is 0 Å². The largest absolute Gasteiger partial charge is 0.462 e. The lowest BCUT2D eigenvalue weighted by atomic mass is 10.0. The zero-order valence-corrected chi connectivity index (χ0v) is 52.8. The highest BCUT2D eigenvalue weighted by Crippen LogP contribution is 2.17. The van der Waals surface area contributed by atoms with E-state index in [1.165, 1.54) is 173 Å². The molecule has 0 amide bonds. The molecule has 0 fully saturated rings. The molecular weight excluding hydrogens is 985 g/mol. The summed E-state index contributed by atoms with van der Waals surface area (Å²) in [5.74, 6) is -0.892. The summed E-state index contributed by atoms with van der Waals surface area (Å²) in [6.45, 7) is 6.48. The molecule has 0 saturated heterocycles. The number of carbonyl (C=O) groups is 3. The number of rotatable bonds is 62. The Morgan fingerprint density at radius 1 is 0.263 bits per heavy atom. The maximum atomic E-state index is 12.9. The van der Waals surface area contributed by atoms with Crippen molar-refractivity contribution >= 4 is 17.9 Å². The van der Waals surface area contributed by atoms with Gasteiger partial charge in [-0.25, -0.2) is 0 Å². The van der Waals surface area contributed by atoms with Crippen molar-refractivity contribution in [3.05, 3.63) is 97.2 Å². The molecule has 0 aliphatic heterocycles. The van der Waals surface area contributed by atoms with Gasteiger partial charge in [-0.1, -0.05) is 291 Å². The second kappa shape index (κ2) is 67.8. The molecule has 0 spiro atoms. The van der Waals surface area contributed by atoms with Crippen LogP contribution in [0.2, 0.25) is 0 Å². The normalized spacial score (nSPS) is 12.7. The van der Waals surface area contributed by atoms with Crippen LogP contribution in [0.15, 0.2) is 97.2 Å². The molecule has 460 valence electrons. The van der Waals surface area contributed by atoms with Crippen LogP contribution in [0.3, 0.4) is 0 Å². The number of allylic oxidation sites excluding steroid dienone is 16. The third-order valence-corrected chi connectivity index (χ3v) is 14.8. The van der Waals surface area contributed by atoms with Crippen LogP contribution >= 0.6 is 0 Å². The van der Waals surface area contributed by atoms with Crippen molar-refractivity contribution in [3.8, 4) is 0 Å². The van der Waals surface area contributed by atoms with Crippen LogP contribution < -0.4 is 0 Å². The maximum absolute atomic E-state index is 12.9. The lowest BCUT2D eigenvalue weighted by Crippen LogP contribution is -2.30. The van der Waals surface area contributed by atoms with E-state index in [2.05, 4.69) is 118 Å². The van der Waals surface area contributed by atoms with Gasteiger partial charge in [0.1, 0.15) is 13.2 Å². The smallest absolute Gasteiger partial charge is 0.306 e. The molecule has 6 heteroatoms. The Balaban J connectivity index is 4.10. The van der Waals surface area contributed by atoms with Crippen LogP contribution in [0, 0.1) is 0 Å². The van der Waals surface area contributed by atoms with E-state index in [0.29, 0.717) is 19.3 Å². The minimum atomic E-state index is -0.786. The van der Waals surface area contributed by atoms with E-state index < -0.39 is 6.10 Å². The van der Waals surface area contributed by atoms with Gasteiger partial charge in [0.15, 0.2) is 6.10 Å². The molecule has 6 nitrogen and oxygen atoms in total. The van der Waals surface area contributed by atoms with Crippen LogP contribution in [0.25, 0.3) is 0 Å². The average molecular weight is 1110 g/mol. The van der Waals surface area contributed by atoms with E-state index in [9.17, 15) is 14.4 Å². The minimum Gasteiger partial charge on any atom is -0.462 e. The van der Waals surface area contributed by atoms with Gasteiger partial charge >= 0.3 is 17.9 Å². The van der Waals surface area contributed by atoms with E-state index >= 15 is 0 Å². The summed E-state index contributed by atoms with van der Waals surface area (Å²) in [5, 5.41) is 0. The lowest BCUT2D eigenvalue weighted by molar-refractivity contribution is -0.167. The summed E-state index contributed by atoms with van der Waals surface area (Å²) >= 11 is 0. The fourth-order valence-electron chi connectivity index (χ4n) is 9.67. The van der Waals surface area contributed by atoms with E-state index in [-0.39, 0.29) is 31.1 Å². The van der Waals surface area contributed by atoms with Gasteiger partial charge < -0.3 is 14.2 Å². The number of ether oxygens (including phenoxy) is 3. The first-order valence-corrected chi connectivity index (χ1v) is 34.2. The Hall–Kier alpha value is -3.67. The molecule has 0 heterocycles. The Labute approximate surface area is 496 Å². The molecule has 0 saturated carbocycles. The van der Waals surface area contributed by atoms with E-state index in [4.69, 9.17) is 14.2 Å². The van der Waals surface area contributed by atoms with Crippen LogP contribution in [-0.2, 0) is 28.6 Å². The third kappa shape index (κ3) is 65.1. The predicted octanol–water partition coefficient (Wildman–Crippen LogP) is 23.6. The average Bonchev–Trinajstić information content (AvgIpc) is 3.46. The first-order valence-electron chi connectivity index (χ1n) is 34.2. The Morgan fingerprint density at radius 3 is 0.775 bits per heavy atom. The monoisotopic (exact) mass is 1110 g/mol. The number of hydrogen-bond donors (Lipinski definition) is 0. The van der Waals surface area contributed by atoms with Crippen LogP contribution in [0.4, 0.5) is 0 Å². The molecule has 1 atom stereocenters. The summed E-state index contributed by atoms with van der Waals surface area (Å²) in [6, 6.07) is 0. The highest BCUT2D eigenvalue weighted by molar-refractivity contribution is 5.71. The number of unbranched alkanes of at least 4 members (excludes halogenated alkanes) is 35. The van der Waals surface area contributed by atoms with Gasteiger partial charge in [0.05, 0.1) is 0 Å². The predicted molar refractivity (Wildman–Crippen MR) is 348 cm³/mol. The summed E-state index contributed by atoms with van der Waals surface area (Å²) in [7, 11) is 0. The van der Waals surface area contributed by atoms with Gasteiger partial charge in [0.25, 0.3) is 0 Å². The number of esters is 3. The van der Waals surface area contributed by atoms with Gasteiger partial charge in [-0.3, -0.25) is 14.4 Å². The number of hydrogen-bond acceptors (Lipinski definition) is 6. The molecule has 0 aliphatic rings. The zero-order chi connectivity index (χ0) is 57.8. The molecule has 0 N–H and O–H groups in total. The molecule has 0 rings (SSSR count). The van der Waals surface area contributed by atoms with Crippen molar-refractivity contribution in [3.63, 3.8) is 0 Å². The first-order chi connectivity index (χ1) is 39.5. The number of carbonyl (C=O) groups excluding carboxylic acids is 3. The summed E-state index contributed by atoms with van der Waals surface area (Å²) in [4.78, 5) is 38.3. The second-order valence-corrected chi connectivity index (χ2v) is 22.7. The summed E-state index contributed by atoms with van der Waals surface area (Å²) in [5.41, 5.74) is 0. The molecular formula is C74H128O6. The van der Waals surface area contributed by atoms with E-state index in [1.807, 2.05) is 0 Å². The molecule has 0 aliphatic carbocycles. The molecule has 0 aromatic carbocycles.